The van der Waals surface area contributed by atoms with E-state index in [1.807, 2.05) is 61.5 Å². The summed E-state index contributed by atoms with van der Waals surface area (Å²) >= 11 is 3.46. The number of anilines is 1. The molecule has 3 aromatic carbocycles. The third kappa shape index (κ3) is 4.50. The third-order valence-corrected chi connectivity index (χ3v) is 5.32. The van der Waals surface area contributed by atoms with Gasteiger partial charge in [-0.05, 0) is 47.1 Å². The molecule has 4 aromatic rings. The summed E-state index contributed by atoms with van der Waals surface area (Å²) in [5, 5.41) is 10.2. The molecule has 1 heterocycles. The van der Waals surface area contributed by atoms with E-state index in [4.69, 9.17) is 9.47 Å². The Kier molecular flexibility index (Phi) is 6.51. The fourth-order valence-electron chi connectivity index (χ4n) is 3.23. The summed E-state index contributed by atoms with van der Waals surface area (Å²) in [6, 6.07) is 20.5. The van der Waals surface area contributed by atoms with Gasteiger partial charge in [-0.2, -0.15) is 5.10 Å². The quantitative estimate of drug-likeness (QED) is 0.352. The van der Waals surface area contributed by atoms with Gasteiger partial charge in [0, 0.05) is 16.7 Å². The van der Waals surface area contributed by atoms with Crippen LogP contribution in [0.2, 0.25) is 0 Å². The molecule has 2 N–H and O–H groups in total. The van der Waals surface area contributed by atoms with Crippen LogP contribution < -0.4 is 14.8 Å². The number of rotatable bonds is 7. The lowest BCUT2D eigenvalue weighted by Crippen LogP contribution is -2.13. The first-order valence-corrected chi connectivity index (χ1v) is 10.8. The highest BCUT2D eigenvalue weighted by Crippen LogP contribution is 2.37. The average Bonchev–Trinajstić information content (AvgIpc) is 3.31. The van der Waals surface area contributed by atoms with Gasteiger partial charge in [-0.3, -0.25) is 9.89 Å². The Hall–Kier alpha value is -3.65. The summed E-state index contributed by atoms with van der Waals surface area (Å²) in [5.74, 6) is 1.89. The van der Waals surface area contributed by atoms with Crippen molar-refractivity contribution in [3.05, 3.63) is 76.8 Å². The third-order valence-electron chi connectivity index (χ3n) is 4.73. The molecule has 0 aliphatic heterocycles. The first-order chi connectivity index (χ1) is 15.6. The predicted octanol–water partition coefficient (Wildman–Crippen LogP) is 5.56. The number of para-hydroxylation sites is 1. The maximum Gasteiger partial charge on any atom is 0.255 e. The van der Waals surface area contributed by atoms with Crippen LogP contribution in [0, 0.1) is 0 Å². The molecule has 0 spiro atoms. The SMILES string of the molecule is CCOc1c(Br)cc(C(=O)Nc2ccccc2-c2nc(-c3ccccc3)n[nH]2)cc1OC. The number of aromatic amines is 1. The largest absolute Gasteiger partial charge is 0.493 e. The summed E-state index contributed by atoms with van der Waals surface area (Å²) in [7, 11) is 1.54. The van der Waals surface area contributed by atoms with Crippen LogP contribution in [0.4, 0.5) is 5.69 Å². The van der Waals surface area contributed by atoms with Crippen molar-refractivity contribution in [2.45, 2.75) is 6.92 Å². The lowest BCUT2D eigenvalue weighted by Gasteiger charge is -2.14. The van der Waals surface area contributed by atoms with Crippen molar-refractivity contribution in [1.82, 2.24) is 15.2 Å². The Morgan fingerprint density at radius 3 is 2.59 bits per heavy atom. The maximum absolute atomic E-state index is 13.0. The molecule has 1 amide bonds. The molecule has 0 aliphatic rings. The smallest absolute Gasteiger partial charge is 0.255 e. The molecule has 8 heteroatoms. The van der Waals surface area contributed by atoms with E-state index < -0.39 is 0 Å². The molecule has 0 fully saturated rings. The van der Waals surface area contributed by atoms with Crippen LogP contribution in [-0.4, -0.2) is 34.8 Å². The highest BCUT2D eigenvalue weighted by Gasteiger charge is 2.18. The number of methoxy groups -OCH3 is 1. The summed E-state index contributed by atoms with van der Waals surface area (Å²) in [6.45, 7) is 2.37. The number of hydrogen-bond acceptors (Lipinski definition) is 5. The van der Waals surface area contributed by atoms with Gasteiger partial charge >= 0.3 is 0 Å². The lowest BCUT2D eigenvalue weighted by molar-refractivity contribution is 0.102. The van der Waals surface area contributed by atoms with Crippen LogP contribution in [0.15, 0.2) is 71.2 Å². The highest BCUT2D eigenvalue weighted by molar-refractivity contribution is 9.10. The number of H-pyrrole nitrogens is 1. The number of benzene rings is 3. The first kappa shape index (κ1) is 21.6. The van der Waals surface area contributed by atoms with E-state index in [-0.39, 0.29) is 5.91 Å². The molecule has 32 heavy (non-hydrogen) atoms. The number of carbonyl (C=O) groups excluding carboxylic acids is 1. The first-order valence-electron chi connectivity index (χ1n) is 9.99. The second-order valence-corrected chi connectivity index (χ2v) is 7.65. The van der Waals surface area contributed by atoms with Gasteiger partial charge in [0.1, 0.15) is 0 Å². The van der Waals surface area contributed by atoms with Crippen LogP contribution in [0.25, 0.3) is 22.8 Å². The van der Waals surface area contributed by atoms with Crippen molar-refractivity contribution in [2.75, 3.05) is 19.0 Å². The zero-order chi connectivity index (χ0) is 22.5. The van der Waals surface area contributed by atoms with E-state index in [0.717, 1.165) is 11.1 Å². The zero-order valence-corrected chi connectivity index (χ0v) is 19.1. The van der Waals surface area contributed by atoms with E-state index >= 15 is 0 Å². The fourth-order valence-corrected chi connectivity index (χ4v) is 3.78. The molecular weight excluding hydrogens is 472 g/mol. The van der Waals surface area contributed by atoms with Crippen molar-refractivity contribution in [2.24, 2.45) is 0 Å². The van der Waals surface area contributed by atoms with Gasteiger partial charge in [-0.1, -0.05) is 42.5 Å². The molecule has 0 radical (unpaired) electrons. The standard InChI is InChI=1S/C24H21BrN4O3/c1-3-32-21-18(25)13-16(14-20(21)31-2)24(30)26-19-12-8-7-11-17(19)23-27-22(28-29-23)15-9-5-4-6-10-15/h4-14H,3H2,1-2H3,(H,26,30)(H,27,28,29). The summed E-state index contributed by atoms with van der Waals surface area (Å²) < 4.78 is 11.6. The van der Waals surface area contributed by atoms with Gasteiger partial charge in [0.05, 0.1) is 23.9 Å². The minimum absolute atomic E-state index is 0.290. The Labute approximate surface area is 193 Å². The number of ether oxygens (including phenoxy) is 2. The molecule has 0 saturated carbocycles. The zero-order valence-electron chi connectivity index (χ0n) is 17.6. The number of aromatic nitrogens is 3. The van der Waals surface area contributed by atoms with Crippen molar-refractivity contribution in [1.29, 1.82) is 0 Å². The number of nitrogens with one attached hydrogen (secondary N) is 2. The van der Waals surface area contributed by atoms with Crippen molar-refractivity contribution in [3.8, 4) is 34.3 Å². The van der Waals surface area contributed by atoms with Crippen molar-refractivity contribution < 1.29 is 14.3 Å². The molecule has 0 unspecified atom stereocenters. The molecule has 0 atom stereocenters. The number of carbonyl (C=O) groups is 1. The molecule has 1 aromatic heterocycles. The van der Waals surface area contributed by atoms with Crippen LogP contribution in [0.3, 0.4) is 0 Å². The topological polar surface area (TPSA) is 89.1 Å². The Balaban J connectivity index is 1.62. The van der Waals surface area contributed by atoms with E-state index in [1.165, 1.54) is 7.11 Å². The fraction of sp³-hybridized carbons (Fsp3) is 0.125. The second-order valence-electron chi connectivity index (χ2n) is 6.80. The highest BCUT2D eigenvalue weighted by atomic mass is 79.9. The van der Waals surface area contributed by atoms with Crippen molar-refractivity contribution in [3.63, 3.8) is 0 Å². The van der Waals surface area contributed by atoms with Crippen LogP contribution in [0.1, 0.15) is 17.3 Å². The summed E-state index contributed by atoms with van der Waals surface area (Å²) in [6.07, 6.45) is 0. The Morgan fingerprint density at radius 2 is 1.84 bits per heavy atom. The average molecular weight is 493 g/mol. The molecule has 0 bridgehead atoms. The number of nitrogens with zero attached hydrogens (tertiary/aromatic N) is 2. The minimum Gasteiger partial charge on any atom is -0.493 e. The van der Waals surface area contributed by atoms with Gasteiger partial charge in [0.15, 0.2) is 23.1 Å². The minimum atomic E-state index is -0.290. The number of halogens is 1. The Bertz CT molecular complexity index is 1240. The van der Waals surface area contributed by atoms with Gasteiger partial charge in [0.2, 0.25) is 0 Å². The second kappa shape index (κ2) is 9.65. The normalized spacial score (nSPS) is 10.6. The lowest BCUT2D eigenvalue weighted by atomic mass is 10.1. The number of amides is 1. The molecule has 0 saturated heterocycles. The Morgan fingerprint density at radius 1 is 1.09 bits per heavy atom. The summed E-state index contributed by atoms with van der Waals surface area (Å²) in [5.41, 5.74) is 2.67. The number of hydrogen-bond donors (Lipinski definition) is 2. The monoisotopic (exact) mass is 492 g/mol. The predicted molar refractivity (Wildman–Crippen MR) is 127 cm³/mol. The van der Waals surface area contributed by atoms with Crippen LogP contribution in [-0.2, 0) is 0 Å². The van der Waals surface area contributed by atoms with Crippen molar-refractivity contribution >= 4 is 27.5 Å². The van der Waals surface area contributed by atoms with Gasteiger partial charge < -0.3 is 14.8 Å². The van der Waals surface area contributed by atoms with E-state index in [0.29, 0.717) is 45.5 Å². The van der Waals surface area contributed by atoms with Gasteiger partial charge in [-0.25, -0.2) is 4.98 Å². The molecule has 4 rings (SSSR count). The van der Waals surface area contributed by atoms with E-state index in [2.05, 4.69) is 36.4 Å². The van der Waals surface area contributed by atoms with Crippen LogP contribution in [0.5, 0.6) is 11.5 Å². The van der Waals surface area contributed by atoms with Crippen LogP contribution >= 0.6 is 15.9 Å². The molecular formula is C24H21BrN4O3. The van der Waals surface area contributed by atoms with E-state index in [9.17, 15) is 4.79 Å². The van der Waals surface area contributed by atoms with Gasteiger partial charge in [0.25, 0.3) is 5.91 Å². The molecule has 0 aliphatic carbocycles. The maximum atomic E-state index is 13.0. The molecule has 162 valence electrons. The van der Waals surface area contributed by atoms with Gasteiger partial charge in [-0.15, -0.1) is 0 Å². The molecule has 7 nitrogen and oxygen atoms in total. The van der Waals surface area contributed by atoms with E-state index in [1.54, 1.807) is 12.1 Å². The summed E-state index contributed by atoms with van der Waals surface area (Å²) in [4.78, 5) is 17.6.